The molecule has 1 saturated heterocycles. The lowest BCUT2D eigenvalue weighted by atomic mass is 9.97. The molecule has 0 unspecified atom stereocenters. The van der Waals surface area contributed by atoms with Crippen molar-refractivity contribution in [3.05, 3.63) is 35.7 Å². The molecule has 9 heteroatoms. The van der Waals surface area contributed by atoms with Crippen LogP contribution >= 0.6 is 11.3 Å². The predicted molar refractivity (Wildman–Crippen MR) is 105 cm³/mol. The Morgan fingerprint density at radius 2 is 2.04 bits per heavy atom. The highest BCUT2D eigenvalue weighted by Crippen LogP contribution is 2.30. The molecule has 3 heterocycles. The molecule has 1 aliphatic heterocycles. The van der Waals surface area contributed by atoms with E-state index in [-0.39, 0.29) is 11.8 Å². The van der Waals surface area contributed by atoms with Gasteiger partial charge in [0.15, 0.2) is 10.9 Å². The van der Waals surface area contributed by atoms with E-state index in [1.54, 1.807) is 0 Å². The highest BCUT2D eigenvalue weighted by Gasteiger charge is 2.29. The van der Waals surface area contributed by atoms with Crippen molar-refractivity contribution in [2.75, 3.05) is 24.7 Å². The number of carbonyl (C=O) groups excluding carboxylic acids is 1. The van der Waals surface area contributed by atoms with E-state index in [2.05, 4.69) is 10.3 Å². The quantitative estimate of drug-likeness (QED) is 0.720. The van der Waals surface area contributed by atoms with Crippen molar-refractivity contribution in [2.45, 2.75) is 12.8 Å². The predicted octanol–water partition coefficient (Wildman–Crippen LogP) is 3.17. The number of amides is 1. The largest absolute Gasteiger partial charge is 0.454 e. The molecule has 0 radical (unpaired) electrons. The van der Waals surface area contributed by atoms with Crippen LogP contribution in [0.4, 0.5) is 5.13 Å². The monoisotopic (exact) mass is 405 g/mol. The summed E-state index contributed by atoms with van der Waals surface area (Å²) in [6, 6.07) is 9.66. The molecule has 27 heavy (non-hydrogen) atoms. The molecular weight excluding hydrogens is 386 g/mol. The van der Waals surface area contributed by atoms with Gasteiger partial charge in [0.1, 0.15) is 11.3 Å². The first-order chi connectivity index (χ1) is 12.9. The molecule has 4 rings (SSSR count). The number of piperidine rings is 1. The standard InChI is InChI=1S/C18H19N3O4S2/c1-27(23,24)21-8-6-12(7-9-21)17(22)20-18-19-14(11-26-18)16-10-13-4-2-3-5-15(13)25-16/h2-5,10-12H,6-9H2,1H3,(H,19,20,22). The fraction of sp³-hybridized carbons (Fsp3) is 0.333. The maximum Gasteiger partial charge on any atom is 0.229 e. The van der Waals surface area contributed by atoms with Crippen molar-refractivity contribution in [3.8, 4) is 11.5 Å². The lowest BCUT2D eigenvalue weighted by Gasteiger charge is -2.29. The zero-order chi connectivity index (χ0) is 19.0. The second-order valence-electron chi connectivity index (χ2n) is 6.61. The second kappa shape index (κ2) is 7.06. The van der Waals surface area contributed by atoms with Crippen molar-refractivity contribution >= 4 is 43.4 Å². The van der Waals surface area contributed by atoms with Gasteiger partial charge in [0.05, 0.1) is 6.26 Å². The van der Waals surface area contributed by atoms with Gasteiger partial charge in [0.25, 0.3) is 0 Å². The van der Waals surface area contributed by atoms with Gasteiger partial charge < -0.3 is 9.73 Å². The van der Waals surface area contributed by atoms with Crippen molar-refractivity contribution < 1.29 is 17.6 Å². The smallest absolute Gasteiger partial charge is 0.229 e. The van der Waals surface area contributed by atoms with Crippen LogP contribution in [0.25, 0.3) is 22.4 Å². The summed E-state index contributed by atoms with van der Waals surface area (Å²) in [4.78, 5) is 16.9. The zero-order valence-corrected chi connectivity index (χ0v) is 16.3. The summed E-state index contributed by atoms with van der Waals surface area (Å²) in [5, 5.41) is 6.21. The Morgan fingerprint density at radius 1 is 1.30 bits per heavy atom. The van der Waals surface area contributed by atoms with Gasteiger partial charge in [-0.1, -0.05) is 18.2 Å². The first-order valence-electron chi connectivity index (χ1n) is 8.60. The molecule has 1 aliphatic rings. The van der Waals surface area contributed by atoms with Crippen molar-refractivity contribution in [1.29, 1.82) is 0 Å². The fourth-order valence-electron chi connectivity index (χ4n) is 3.21. The van der Waals surface area contributed by atoms with E-state index in [1.165, 1.54) is 21.9 Å². The Kier molecular flexibility index (Phi) is 4.75. The number of sulfonamides is 1. The number of thiazole rings is 1. The van der Waals surface area contributed by atoms with Gasteiger partial charge in [-0.25, -0.2) is 17.7 Å². The number of aromatic nitrogens is 1. The SMILES string of the molecule is CS(=O)(=O)N1CCC(C(=O)Nc2nc(-c3cc4ccccc4o3)cs2)CC1. The Hall–Kier alpha value is -2.23. The minimum Gasteiger partial charge on any atom is -0.454 e. The molecule has 1 fully saturated rings. The number of nitrogens with zero attached hydrogens (tertiary/aromatic N) is 2. The van der Waals surface area contributed by atoms with Gasteiger partial charge in [0.2, 0.25) is 15.9 Å². The maximum absolute atomic E-state index is 12.5. The molecule has 0 aliphatic carbocycles. The van der Waals surface area contributed by atoms with Gasteiger partial charge >= 0.3 is 0 Å². The van der Waals surface area contributed by atoms with Crippen LogP contribution < -0.4 is 5.32 Å². The summed E-state index contributed by atoms with van der Waals surface area (Å²) in [7, 11) is -3.19. The van der Waals surface area contributed by atoms with Crippen molar-refractivity contribution in [3.63, 3.8) is 0 Å². The molecule has 1 amide bonds. The number of hydrogen-bond donors (Lipinski definition) is 1. The van der Waals surface area contributed by atoms with Crippen LogP contribution in [0.1, 0.15) is 12.8 Å². The van der Waals surface area contributed by atoms with E-state index in [4.69, 9.17) is 4.42 Å². The summed E-state index contributed by atoms with van der Waals surface area (Å²) in [6.07, 6.45) is 2.23. The topological polar surface area (TPSA) is 92.5 Å². The third-order valence-electron chi connectivity index (χ3n) is 4.71. The summed E-state index contributed by atoms with van der Waals surface area (Å²) in [5.41, 5.74) is 1.47. The van der Waals surface area contributed by atoms with E-state index in [9.17, 15) is 13.2 Å². The maximum atomic E-state index is 12.5. The van der Waals surface area contributed by atoms with E-state index in [0.29, 0.717) is 42.5 Å². The first-order valence-corrected chi connectivity index (χ1v) is 11.3. The molecule has 0 bridgehead atoms. The average molecular weight is 406 g/mol. The van der Waals surface area contributed by atoms with E-state index in [1.807, 2.05) is 35.7 Å². The van der Waals surface area contributed by atoms with Crippen LogP contribution in [0.3, 0.4) is 0 Å². The first kappa shape index (κ1) is 18.1. The van der Waals surface area contributed by atoms with Crippen LogP contribution in [-0.2, 0) is 14.8 Å². The number of furan rings is 1. The number of benzene rings is 1. The third kappa shape index (κ3) is 3.90. The zero-order valence-electron chi connectivity index (χ0n) is 14.7. The van der Waals surface area contributed by atoms with E-state index in [0.717, 1.165) is 11.0 Å². The molecule has 142 valence electrons. The molecule has 7 nitrogen and oxygen atoms in total. The number of rotatable bonds is 4. The summed E-state index contributed by atoms with van der Waals surface area (Å²) >= 11 is 1.34. The molecule has 0 saturated carbocycles. The Bertz CT molecular complexity index is 1050. The minimum atomic E-state index is -3.19. The minimum absolute atomic E-state index is 0.117. The molecule has 1 N–H and O–H groups in total. The van der Waals surface area contributed by atoms with Crippen LogP contribution in [0, 0.1) is 5.92 Å². The number of fused-ring (bicyclic) bond motifs is 1. The van der Waals surface area contributed by atoms with Gasteiger partial charge in [-0.2, -0.15) is 0 Å². The average Bonchev–Trinajstić information content (AvgIpc) is 3.27. The lowest BCUT2D eigenvalue weighted by molar-refractivity contribution is -0.120. The van der Waals surface area contributed by atoms with Gasteiger partial charge in [-0.3, -0.25) is 4.79 Å². The second-order valence-corrected chi connectivity index (χ2v) is 9.45. The summed E-state index contributed by atoms with van der Waals surface area (Å²) in [6.45, 7) is 0.748. The van der Waals surface area contributed by atoms with Crippen LogP contribution in [0.15, 0.2) is 40.1 Å². The number of para-hydroxylation sites is 1. The molecule has 0 spiro atoms. The van der Waals surface area contributed by atoms with Crippen LogP contribution in [0.2, 0.25) is 0 Å². The van der Waals surface area contributed by atoms with E-state index >= 15 is 0 Å². The van der Waals surface area contributed by atoms with E-state index < -0.39 is 10.0 Å². The fourth-order valence-corrected chi connectivity index (χ4v) is 4.79. The Balaban J connectivity index is 1.41. The molecular formula is C18H19N3O4S2. The third-order valence-corrected chi connectivity index (χ3v) is 6.77. The van der Waals surface area contributed by atoms with Gasteiger partial charge in [-0.05, 0) is 25.0 Å². The van der Waals surface area contributed by atoms with Crippen LogP contribution in [0.5, 0.6) is 0 Å². The van der Waals surface area contributed by atoms with Crippen molar-refractivity contribution in [2.24, 2.45) is 5.92 Å². The Morgan fingerprint density at radius 3 is 2.74 bits per heavy atom. The number of carbonyl (C=O) groups is 1. The molecule has 3 aromatic rings. The van der Waals surface area contributed by atoms with Crippen molar-refractivity contribution in [1.82, 2.24) is 9.29 Å². The van der Waals surface area contributed by atoms with Gasteiger partial charge in [0, 0.05) is 29.8 Å². The lowest BCUT2D eigenvalue weighted by Crippen LogP contribution is -2.40. The molecule has 2 aromatic heterocycles. The summed E-state index contributed by atoms with van der Waals surface area (Å²) < 4.78 is 30.3. The normalized spacial score (nSPS) is 16.6. The highest BCUT2D eigenvalue weighted by molar-refractivity contribution is 7.88. The van der Waals surface area contributed by atoms with Gasteiger partial charge in [-0.15, -0.1) is 11.3 Å². The molecule has 0 atom stereocenters. The Labute approximate surface area is 161 Å². The number of hydrogen-bond acceptors (Lipinski definition) is 6. The molecule has 1 aromatic carbocycles. The summed E-state index contributed by atoms with van der Waals surface area (Å²) in [5.74, 6) is 0.338. The van der Waals surface area contributed by atoms with Crippen LogP contribution in [-0.4, -0.2) is 43.0 Å². The number of anilines is 1. The number of nitrogens with one attached hydrogen (secondary N) is 1. The highest BCUT2D eigenvalue weighted by atomic mass is 32.2.